The molecule has 0 N–H and O–H groups in total. The molecule has 86 valence electrons. The first-order valence-corrected chi connectivity index (χ1v) is 5.68. The van der Waals surface area contributed by atoms with Gasteiger partial charge in [0.2, 0.25) is 0 Å². The molecule has 2 rings (SSSR count). The van der Waals surface area contributed by atoms with Gasteiger partial charge in [0.1, 0.15) is 18.6 Å². The highest BCUT2D eigenvalue weighted by Crippen LogP contribution is 2.17. The summed E-state index contributed by atoms with van der Waals surface area (Å²) in [6, 6.07) is 7.78. The molecule has 1 atom stereocenters. The molecule has 1 fully saturated rings. The molecule has 1 aliphatic rings. The van der Waals surface area contributed by atoms with Crippen LogP contribution in [0, 0.1) is 0 Å². The number of carbonyl (C=O) groups is 1. The van der Waals surface area contributed by atoms with E-state index in [1.54, 1.807) is 12.1 Å². The predicted octanol–water partition coefficient (Wildman–Crippen LogP) is 1.97. The fraction of sp³-hybridized carbons (Fsp3) is 0.462. The zero-order valence-electron chi connectivity index (χ0n) is 9.56. The Morgan fingerprint density at radius 2 is 2.19 bits per heavy atom. The van der Waals surface area contributed by atoms with Crippen molar-refractivity contribution in [3.63, 3.8) is 0 Å². The van der Waals surface area contributed by atoms with Gasteiger partial charge in [-0.05, 0) is 50.7 Å². The molecule has 0 aliphatic carbocycles. The first-order valence-electron chi connectivity index (χ1n) is 5.68. The summed E-state index contributed by atoms with van der Waals surface area (Å²) in [6.45, 7) is 1.90. The lowest BCUT2D eigenvalue weighted by atomic mass is 10.2. The van der Waals surface area contributed by atoms with Crippen LogP contribution >= 0.6 is 0 Å². The minimum atomic E-state index is 0.533. The van der Waals surface area contributed by atoms with Gasteiger partial charge in [-0.2, -0.15) is 0 Å². The molecule has 1 aliphatic heterocycles. The molecule has 0 bridgehead atoms. The van der Waals surface area contributed by atoms with Crippen molar-refractivity contribution in [2.75, 3.05) is 20.2 Å². The average Bonchev–Trinajstić information content (AvgIpc) is 2.73. The van der Waals surface area contributed by atoms with E-state index < -0.39 is 0 Å². The molecular formula is C13H17NO2. The van der Waals surface area contributed by atoms with Crippen molar-refractivity contribution in [3.8, 4) is 5.75 Å². The molecule has 16 heavy (non-hydrogen) atoms. The van der Waals surface area contributed by atoms with Gasteiger partial charge in [0.05, 0.1) is 0 Å². The number of hydrogen-bond acceptors (Lipinski definition) is 3. The molecule has 1 aromatic carbocycles. The molecule has 1 heterocycles. The number of hydrogen-bond donors (Lipinski definition) is 0. The summed E-state index contributed by atoms with van der Waals surface area (Å²) in [4.78, 5) is 12.8. The number of ether oxygens (including phenoxy) is 1. The summed E-state index contributed by atoms with van der Waals surface area (Å²) in [7, 11) is 2.14. The fourth-order valence-corrected chi connectivity index (χ4v) is 2.02. The maximum absolute atomic E-state index is 10.5. The highest BCUT2D eigenvalue weighted by Gasteiger charge is 2.21. The van der Waals surface area contributed by atoms with Crippen molar-refractivity contribution < 1.29 is 9.53 Å². The van der Waals surface area contributed by atoms with Gasteiger partial charge in [-0.1, -0.05) is 0 Å². The van der Waals surface area contributed by atoms with E-state index in [0.29, 0.717) is 11.6 Å². The number of likely N-dealkylation sites (N-methyl/N-ethyl adjacent to an activating group) is 1. The van der Waals surface area contributed by atoms with Gasteiger partial charge in [0, 0.05) is 11.6 Å². The summed E-state index contributed by atoms with van der Waals surface area (Å²) in [6.07, 6.45) is 3.31. The number of nitrogens with zero attached hydrogens (tertiary/aromatic N) is 1. The minimum absolute atomic E-state index is 0.533. The molecule has 3 nitrogen and oxygen atoms in total. The molecule has 0 radical (unpaired) electrons. The Kier molecular flexibility index (Phi) is 3.57. The predicted molar refractivity (Wildman–Crippen MR) is 63.0 cm³/mol. The van der Waals surface area contributed by atoms with Crippen LogP contribution in [0.1, 0.15) is 23.2 Å². The second-order valence-electron chi connectivity index (χ2n) is 4.27. The zero-order valence-corrected chi connectivity index (χ0v) is 9.56. The highest BCUT2D eigenvalue weighted by atomic mass is 16.5. The van der Waals surface area contributed by atoms with Gasteiger partial charge in [-0.15, -0.1) is 0 Å². The number of aldehydes is 1. The van der Waals surface area contributed by atoms with E-state index in [1.165, 1.54) is 12.8 Å². The third-order valence-corrected chi connectivity index (χ3v) is 3.13. The van der Waals surface area contributed by atoms with Crippen molar-refractivity contribution >= 4 is 6.29 Å². The largest absolute Gasteiger partial charge is 0.492 e. The van der Waals surface area contributed by atoms with Crippen LogP contribution in [-0.2, 0) is 0 Å². The molecule has 3 heteroatoms. The molecule has 0 spiro atoms. The van der Waals surface area contributed by atoms with E-state index >= 15 is 0 Å². The fourth-order valence-electron chi connectivity index (χ4n) is 2.02. The number of rotatable bonds is 4. The Bertz CT molecular complexity index is 347. The lowest BCUT2D eigenvalue weighted by Gasteiger charge is -2.19. The van der Waals surface area contributed by atoms with Gasteiger partial charge < -0.3 is 9.64 Å². The van der Waals surface area contributed by atoms with E-state index in [-0.39, 0.29) is 0 Å². The number of likely N-dealkylation sites (tertiary alicyclic amines) is 1. The maximum atomic E-state index is 10.5. The van der Waals surface area contributed by atoms with Crippen LogP contribution in [0.5, 0.6) is 5.75 Å². The van der Waals surface area contributed by atoms with E-state index in [0.717, 1.165) is 25.2 Å². The lowest BCUT2D eigenvalue weighted by molar-refractivity contribution is 0.112. The molecule has 1 saturated heterocycles. The second kappa shape index (κ2) is 5.12. The summed E-state index contributed by atoms with van der Waals surface area (Å²) < 4.78 is 5.70. The summed E-state index contributed by atoms with van der Waals surface area (Å²) in [5.41, 5.74) is 0.685. The summed E-state index contributed by atoms with van der Waals surface area (Å²) in [5, 5.41) is 0. The van der Waals surface area contributed by atoms with Crippen molar-refractivity contribution in [1.29, 1.82) is 0 Å². The standard InChI is InChI=1S/C13H17NO2/c1-14-8-2-3-12(14)10-16-13-6-4-11(9-15)5-7-13/h4-7,9,12H,2-3,8,10H2,1H3. The van der Waals surface area contributed by atoms with Crippen LogP contribution in [-0.4, -0.2) is 37.4 Å². The molecule has 0 saturated carbocycles. The van der Waals surface area contributed by atoms with Crippen LogP contribution in [0.25, 0.3) is 0 Å². The summed E-state index contributed by atoms with van der Waals surface area (Å²) >= 11 is 0. The third kappa shape index (κ3) is 2.61. The van der Waals surface area contributed by atoms with Crippen LogP contribution in [0.15, 0.2) is 24.3 Å². The first-order chi connectivity index (χ1) is 7.79. The second-order valence-corrected chi connectivity index (χ2v) is 4.27. The summed E-state index contributed by atoms with van der Waals surface area (Å²) in [5.74, 6) is 0.839. The Morgan fingerprint density at radius 3 is 2.75 bits per heavy atom. The van der Waals surface area contributed by atoms with Gasteiger partial charge in [-0.25, -0.2) is 0 Å². The zero-order chi connectivity index (χ0) is 11.4. The van der Waals surface area contributed by atoms with Crippen molar-refractivity contribution in [2.45, 2.75) is 18.9 Å². The number of carbonyl (C=O) groups excluding carboxylic acids is 1. The number of benzene rings is 1. The Labute approximate surface area is 96.0 Å². The van der Waals surface area contributed by atoms with Crippen molar-refractivity contribution in [1.82, 2.24) is 4.90 Å². The maximum Gasteiger partial charge on any atom is 0.150 e. The van der Waals surface area contributed by atoms with Crippen LogP contribution in [0.4, 0.5) is 0 Å². The molecule has 1 aromatic rings. The van der Waals surface area contributed by atoms with E-state index in [1.807, 2.05) is 12.1 Å². The van der Waals surface area contributed by atoms with Gasteiger partial charge in [-0.3, -0.25) is 4.79 Å². The molecular weight excluding hydrogens is 202 g/mol. The van der Waals surface area contributed by atoms with E-state index in [4.69, 9.17) is 4.74 Å². The SMILES string of the molecule is CN1CCCC1COc1ccc(C=O)cc1. The smallest absolute Gasteiger partial charge is 0.150 e. The van der Waals surface area contributed by atoms with Crippen molar-refractivity contribution in [2.24, 2.45) is 0 Å². The molecule has 0 amide bonds. The van der Waals surface area contributed by atoms with Gasteiger partial charge in [0.25, 0.3) is 0 Å². The quantitative estimate of drug-likeness (QED) is 0.725. The van der Waals surface area contributed by atoms with Crippen LogP contribution in [0.2, 0.25) is 0 Å². The molecule has 1 unspecified atom stereocenters. The Morgan fingerprint density at radius 1 is 1.44 bits per heavy atom. The Balaban J connectivity index is 1.86. The molecule has 0 aromatic heterocycles. The normalized spacial score (nSPS) is 20.9. The third-order valence-electron chi connectivity index (χ3n) is 3.13. The highest BCUT2D eigenvalue weighted by molar-refractivity contribution is 5.74. The van der Waals surface area contributed by atoms with E-state index in [9.17, 15) is 4.79 Å². The average molecular weight is 219 g/mol. The van der Waals surface area contributed by atoms with Gasteiger partial charge in [0.15, 0.2) is 0 Å². The topological polar surface area (TPSA) is 29.5 Å². The monoisotopic (exact) mass is 219 g/mol. The Hall–Kier alpha value is -1.35. The van der Waals surface area contributed by atoms with Gasteiger partial charge >= 0.3 is 0 Å². The van der Waals surface area contributed by atoms with E-state index in [2.05, 4.69) is 11.9 Å². The minimum Gasteiger partial charge on any atom is -0.492 e. The van der Waals surface area contributed by atoms with Crippen LogP contribution in [0.3, 0.4) is 0 Å². The van der Waals surface area contributed by atoms with Crippen molar-refractivity contribution in [3.05, 3.63) is 29.8 Å². The van der Waals surface area contributed by atoms with Crippen LogP contribution < -0.4 is 4.74 Å². The first kappa shape index (κ1) is 11.1. The lowest BCUT2D eigenvalue weighted by Crippen LogP contribution is -2.30.